The first-order valence-electron chi connectivity index (χ1n) is 9.42. The van der Waals surface area contributed by atoms with E-state index in [1.807, 2.05) is 12.1 Å². The second-order valence-electron chi connectivity index (χ2n) is 6.71. The largest absolute Gasteiger partial charge is 0.495 e. The molecule has 1 saturated heterocycles. The van der Waals surface area contributed by atoms with Gasteiger partial charge in [-0.05, 0) is 42.5 Å². The highest BCUT2D eigenvalue weighted by molar-refractivity contribution is 7.89. The Balaban J connectivity index is 1.68. The van der Waals surface area contributed by atoms with Crippen LogP contribution < -0.4 is 10.1 Å². The number of sulfonamides is 1. The van der Waals surface area contributed by atoms with Crippen molar-refractivity contribution in [3.05, 3.63) is 60.3 Å². The second-order valence-corrected chi connectivity index (χ2v) is 8.62. The third-order valence-corrected chi connectivity index (χ3v) is 6.83. The number of ether oxygens (including phenoxy) is 2. The van der Waals surface area contributed by atoms with Crippen molar-refractivity contribution in [1.82, 2.24) is 9.29 Å². The molecule has 0 radical (unpaired) electrons. The van der Waals surface area contributed by atoms with E-state index >= 15 is 0 Å². The highest BCUT2D eigenvalue weighted by Gasteiger charge is 2.30. The van der Waals surface area contributed by atoms with E-state index in [0.717, 1.165) is 10.9 Å². The molecule has 0 saturated carbocycles. The van der Waals surface area contributed by atoms with Gasteiger partial charge in [0, 0.05) is 30.2 Å². The predicted molar refractivity (Wildman–Crippen MR) is 112 cm³/mol. The Labute approximate surface area is 174 Å². The monoisotopic (exact) mass is 427 g/mol. The number of benzene rings is 2. The number of amides is 1. The lowest BCUT2D eigenvalue weighted by atomic mass is 10.1. The smallest absolute Gasteiger partial charge is 0.255 e. The summed E-state index contributed by atoms with van der Waals surface area (Å²) in [5.74, 6) is -0.236. The number of rotatable bonds is 5. The third kappa shape index (κ3) is 3.87. The molecule has 1 amide bonds. The van der Waals surface area contributed by atoms with Crippen molar-refractivity contribution < 1.29 is 22.7 Å². The summed E-state index contributed by atoms with van der Waals surface area (Å²) in [5, 5.41) is 3.64. The molecule has 1 fully saturated rings. The van der Waals surface area contributed by atoms with E-state index in [2.05, 4.69) is 10.3 Å². The zero-order valence-corrected chi connectivity index (χ0v) is 17.2. The fraction of sp³-hybridized carbons (Fsp3) is 0.238. The summed E-state index contributed by atoms with van der Waals surface area (Å²) in [4.78, 5) is 17.1. The van der Waals surface area contributed by atoms with Crippen molar-refractivity contribution in [3.63, 3.8) is 0 Å². The minimum atomic E-state index is -3.83. The molecule has 8 nitrogen and oxygen atoms in total. The van der Waals surface area contributed by atoms with Gasteiger partial charge >= 0.3 is 0 Å². The zero-order valence-electron chi connectivity index (χ0n) is 16.4. The van der Waals surface area contributed by atoms with E-state index in [4.69, 9.17) is 9.47 Å². The van der Waals surface area contributed by atoms with E-state index < -0.39 is 15.9 Å². The molecule has 1 aromatic heterocycles. The van der Waals surface area contributed by atoms with Gasteiger partial charge in [-0.15, -0.1) is 0 Å². The number of fused-ring (bicyclic) bond motifs is 1. The maximum atomic E-state index is 13.1. The Bertz CT molecular complexity index is 1180. The maximum absolute atomic E-state index is 13.1. The molecule has 30 heavy (non-hydrogen) atoms. The Morgan fingerprint density at radius 2 is 1.93 bits per heavy atom. The average molecular weight is 427 g/mol. The zero-order chi connectivity index (χ0) is 21.1. The minimum Gasteiger partial charge on any atom is -0.495 e. The maximum Gasteiger partial charge on any atom is 0.255 e. The standard InChI is InChI=1S/C21H21N3O5S/c1-28-19-8-7-15(14-20(19)30(26,27)24-10-12-29-13-11-24)21(25)23-18-6-2-5-17-16(18)4-3-9-22-17/h2-9,14H,10-13H2,1H3,(H,23,25). The van der Waals surface area contributed by atoms with E-state index in [1.54, 1.807) is 24.4 Å². The van der Waals surface area contributed by atoms with Crippen molar-refractivity contribution in [2.24, 2.45) is 0 Å². The van der Waals surface area contributed by atoms with Crippen LogP contribution >= 0.6 is 0 Å². The molecule has 0 bridgehead atoms. The van der Waals surface area contributed by atoms with Gasteiger partial charge in [0.1, 0.15) is 10.6 Å². The summed E-state index contributed by atoms with van der Waals surface area (Å²) < 4.78 is 38.1. The van der Waals surface area contributed by atoms with Gasteiger partial charge < -0.3 is 14.8 Å². The molecule has 2 aromatic carbocycles. The number of carbonyl (C=O) groups excluding carboxylic acids is 1. The van der Waals surface area contributed by atoms with Crippen LogP contribution in [-0.2, 0) is 14.8 Å². The molecular weight excluding hydrogens is 406 g/mol. The summed E-state index contributed by atoms with van der Waals surface area (Å²) in [6.07, 6.45) is 1.68. The number of pyridine rings is 1. The van der Waals surface area contributed by atoms with Crippen molar-refractivity contribution in [2.45, 2.75) is 4.90 Å². The van der Waals surface area contributed by atoms with Crippen molar-refractivity contribution in [3.8, 4) is 5.75 Å². The summed E-state index contributed by atoms with van der Waals surface area (Å²) in [5.41, 5.74) is 1.56. The fourth-order valence-corrected chi connectivity index (χ4v) is 4.94. The van der Waals surface area contributed by atoms with Crippen LogP contribution in [0.5, 0.6) is 5.75 Å². The quantitative estimate of drug-likeness (QED) is 0.672. The van der Waals surface area contributed by atoms with E-state index in [9.17, 15) is 13.2 Å². The number of aromatic nitrogens is 1. The molecule has 1 aliphatic heterocycles. The van der Waals surface area contributed by atoms with Crippen LogP contribution in [0.1, 0.15) is 10.4 Å². The molecule has 0 atom stereocenters. The van der Waals surface area contributed by atoms with Gasteiger partial charge in [-0.3, -0.25) is 9.78 Å². The van der Waals surface area contributed by atoms with Gasteiger partial charge in [0.25, 0.3) is 5.91 Å². The van der Waals surface area contributed by atoms with Crippen LogP contribution in [0.2, 0.25) is 0 Å². The number of morpholine rings is 1. The highest BCUT2D eigenvalue weighted by atomic mass is 32.2. The minimum absolute atomic E-state index is 0.0425. The number of hydrogen-bond acceptors (Lipinski definition) is 6. The van der Waals surface area contributed by atoms with Crippen LogP contribution in [0, 0.1) is 0 Å². The van der Waals surface area contributed by atoms with Gasteiger partial charge in [0.2, 0.25) is 10.0 Å². The van der Waals surface area contributed by atoms with E-state index in [1.165, 1.54) is 29.6 Å². The number of hydrogen-bond donors (Lipinski definition) is 1. The molecule has 2 heterocycles. The Hall–Kier alpha value is -3.01. The third-order valence-electron chi connectivity index (χ3n) is 4.91. The lowest BCUT2D eigenvalue weighted by Gasteiger charge is -2.26. The molecule has 1 aliphatic rings. The SMILES string of the molecule is COc1ccc(C(=O)Nc2cccc3ncccc23)cc1S(=O)(=O)N1CCOCC1. The number of nitrogens with zero attached hydrogens (tertiary/aromatic N) is 2. The summed E-state index contributed by atoms with van der Waals surface area (Å²) >= 11 is 0. The van der Waals surface area contributed by atoms with Crippen molar-refractivity contribution >= 4 is 32.5 Å². The molecule has 9 heteroatoms. The summed E-state index contributed by atoms with van der Waals surface area (Å²) in [7, 11) is -2.43. The van der Waals surface area contributed by atoms with E-state index in [-0.39, 0.29) is 29.3 Å². The summed E-state index contributed by atoms with van der Waals surface area (Å²) in [6, 6.07) is 13.5. The molecule has 3 aromatic rings. The number of carbonyl (C=O) groups is 1. The first-order valence-corrected chi connectivity index (χ1v) is 10.9. The molecule has 1 N–H and O–H groups in total. The highest BCUT2D eigenvalue weighted by Crippen LogP contribution is 2.29. The Morgan fingerprint density at radius 3 is 2.70 bits per heavy atom. The lowest BCUT2D eigenvalue weighted by Crippen LogP contribution is -2.40. The second kappa shape index (κ2) is 8.39. The Kier molecular flexibility index (Phi) is 5.67. The first kappa shape index (κ1) is 20.3. The summed E-state index contributed by atoms with van der Waals surface area (Å²) in [6.45, 7) is 1.17. The van der Waals surface area contributed by atoms with Gasteiger partial charge in [0.15, 0.2) is 0 Å². The number of anilines is 1. The van der Waals surface area contributed by atoms with Gasteiger partial charge in [-0.25, -0.2) is 8.42 Å². The van der Waals surface area contributed by atoms with Crippen molar-refractivity contribution in [1.29, 1.82) is 0 Å². The van der Waals surface area contributed by atoms with Crippen molar-refractivity contribution in [2.75, 3.05) is 38.7 Å². The van der Waals surface area contributed by atoms with Gasteiger partial charge in [-0.1, -0.05) is 6.07 Å². The number of nitrogens with one attached hydrogen (secondary N) is 1. The van der Waals surface area contributed by atoms with Gasteiger partial charge in [0.05, 0.1) is 31.5 Å². The molecule has 0 unspecified atom stereocenters. The average Bonchev–Trinajstić information content (AvgIpc) is 2.79. The normalized spacial score (nSPS) is 15.1. The lowest BCUT2D eigenvalue weighted by molar-refractivity contribution is 0.0729. The van der Waals surface area contributed by atoms with Crippen LogP contribution in [0.25, 0.3) is 10.9 Å². The van der Waals surface area contributed by atoms with E-state index in [0.29, 0.717) is 18.9 Å². The van der Waals surface area contributed by atoms with Crippen LogP contribution in [0.15, 0.2) is 59.6 Å². The first-order chi connectivity index (χ1) is 14.5. The van der Waals surface area contributed by atoms with Crippen LogP contribution in [0.4, 0.5) is 5.69 Å². The fourth-order valence-electron chi connectivity index (χ4n) is 3.35. The number of methoxy groups -OCH3 is 1. The topological polar surface area (TPSA) is 97.8 Å². The van der Waals surface area contributed by atoms with Crippen LogP contribution in [0.3, 0.4) is 0 Å². The molecular formula is C21H21N3O5S. The van der Waals surface area contributed by atoms with Crippen LogP contribution in [-0.4, -0.2) is 57.0 Å². The Morgan fingerprint density at radius 1 is 1.13 bits per heavy atom. The van der Waals surface area contributed by atoms with Gasteiger partial charge in [-0.2, -0.15) is 4.31 Å². The molecule has 0 spiro atoms. The molecule has 156 valence electrons. The molecule has 4 rings (SSSR count). The molecule has 0 aliphatic carbocycles. The predicted octanol–water partition coefficient (Wildman–Crippen LogP) is 2.52.